The van der Waals surface area contributed by atoms with Gasteiger partial charge in [-0.3, -0.25) is 0 Å². The molecule has 1 N–H and O–H groups in total. The van der Waals surface area contributed by atoms with Crippen LogP contribution in [0.15, 0.2) is 28.7 Å². The summed E-state index contributed by atoms with van der Waals surface area (Å²) >= 11 is 0. The van der Waals surface area contributed by atoms with Gasteiger partial charge < -0.3 is 9.52 Å². The number of hydrogen-bond acceptors (Lipinski definition) is 2. The smallest absolute Gasteiger partial charge is 0.170 e. The third-order valence-corrected chi connectivity index (χ3v) is 4.97. The monoisotopic (exact) mass is 290 g/mol. The summed E-state index contributed by atoms with van der Waals surface area (Å²) < 4.78 is 19.6. The van der Waals surface area contributed by atoms with Gasteiger partial charge in [-0.2, -0.15) is 0 Å². The summed E-state index contributed by atoms with van der Waals surface area (Å²) in [6, 6.07) is 6.70. The second-order valence-electron chi connectivity index (χ2n) is 6.93. The molecule has 3 unspecified atom stereocenters. The minimum atomic E-state index is -0.989. The molecular weight excluding hydrogens is 267 g/mol. The maximum Gasteiger partial charge on any atom is 0.170 e. The molecule has 2 nitrogen and oxygen atoms in total. The highest BCUT2D eigenvalue weighted by atomic mass is 19.1. The van der Waals surface area contributed by atoms with Crippen molar-refractivity contribution >= 4 is 11.0 Å². The van der Waals surface area contributed by atoms with Crippen molar-refractivity contribution in [1.29, 1.82) is 0 Å². The van der Waals surface area contributed by atoms with Crippen LogP contribution < -0.4 is 0 Å². The van der Waals surface area contributed by atoms with Gasteiger partial charge in [-0.1, -0.05) is 39.3 Å². The minimum Gasteiger partial charge on any atom is -0.455 e. The van der Waals surface area contributed by atoms with Crippen LogP contribution in [-0.4, -0.2) is 5.11 Å². The Morgan fingerprint density at radius 2 is 2.10 bits per heavy atom. The van der Waals surface area contributed by atoms with E-state index in [0.717, 1.165) is 18.2 Å². The number of furan rings is 1. The van der Waals surface area contributed by atoms with Gasteiger partial charge in [0.2, 0.25) is 0 Å². The van der Waals surface area contributed by atoms with E-state index in [2.05, 4.69) is 20.8 Å². The van der Waals surface area contributed by atoms with E-state index < -0.39 is 5.60 Å². The fourth-order valence-electron chi connectivity index (χ4n) is 3.90. The zero-order valence-electron chi connectivity index (χ0n) is 12.9. The second kappa shape index (κ2) is 5.13. The fourth-order valence-corrected chi connectivity index (χ4v) is 3.90. The standard InChI is InChI=1S/C18H23FO2/c1-11(2)14-8-7-12(3)10-18(14,20)16-9-13-5-4-6-15(19)17(13)21-16/h4-6,9,11-12,14,20H,7-8,10H2,1-3H3. The molecule has 0 bridgehead atoms. The third kappa shape index (κ3) is 2.38. The predicted molar refractivity (Wildman–Crippen MR) is 81.4 cm³/mol. The third-order valence-electron chi connectivity index (χ3n) is 4.97. The van der Waals surface area contributed by atoms with Gasteiger partial charge in [-0.05, 0) is 42.7 Å². The predicted octanol–water partition coefficient (Wildman–Crippen LogP) is 4.85. The lowest BCUT2D eigenvalue weighted by atomic mass is 9.66. The molecule has 0 saturated heterocycles. The molecule has 3 atom stereocenters. The molecule has 2 aromatic rings. The van der Waals surface area contributed by atoms with Crippen LogP contribution in [0.3, 0.4) is 0 Å². The fraction of sp³-hybridized carbons (Fsp3) is 0.556. The van der Waals surface area contributed by atoms with Crippen molar-refractivity contribution in [2.75, 3.05) is 0 Å². The maximum absolute atomic E-state index is 13.8. The van der Waals surface area contributed by atoms with E-state index in [1.807, 2.05) is 12.1 Å². The number of hydrogen-bond donors (Lipinski definition) is 1. The van der Waals surface area contributed by atoms with Crippen molar-refractivity contribution < 1.29 is 13.9 Å². The summed E-state index contributed by atoms with van der Waals surface area (Å²) in [4.78, 5) is 0. The number of para-hydroxylation sites is 1. The normalized spacial score (nSPS) is 30.2. The topological polar surface area (TPSA) is 33.4 Å². The van der Waals surface area contributed by atoms with Gasteiger partial charge in [0.1, 0.15) is 11.4 Å². The zero-order chi connectivity index (χ0) is 15.2. The summed E-state index contributed by atoms with van der Waals surface area (Å²) in [7, 11) is 0. The first-order valence-corrected chi connectivity index (χ1v) is 7.82. The van der Waals surface area contributed by atoms with Gasteiger partial charge in [0.15, 0.2) is 11.4 Å². The Kier molecular flexibility index (Phi) is 3.56. The van der Waals surface area contributed by atoms with Crippen LogP contribution in [0.1, 0.15) is 45.8 Å². The first-order valence-electron chi connectivity index (χ1n) is 7.82. The molecule has 1 aromatic heterocycles. The summed E-state index contributed by atoms with van der Waals surface area (Å²) in [5.41, 5.74) is -0.737. The Morgan fingerprint density at radius 1 is 1.33 bits per heavy atom. The Labute approximate surface area is 125 Å². The summed E-state index contributed by atoms with van der Waals surface area (Å²) in [6.45, 7) is 6.43. The van der Waals surface area contributed by atoms with Crippen LogP contribution in [0.25, 0.3) is 11.0 Å². The van der Waals surface area contributed by atoms with Crippen molar-refractivity contribution in [3.05, 3.63) is 35.8 Å². The lowest BCUT2D eigenvalue weighted by molar-refractivity contribution is -0.0999. The van der Waals surface area contributed by atoms with E-state index >= 15 is 0 Å². The van der Waals surface area contributed by atoms with E-state index in [9.17, 15) is 9.50 Å². The average molecular weight is 290 g/mol. The molecule has 1 fully saturated rings. The molecule has 1 saturated carbocycles. The van der Waals surface area contributed by atoms with E-state index in [-0.39, 0.29) is 17.3 Å². The van der Waals surface area contributed by atoms with Crippen LogP contribution in [0, 0.1) is 23.6 Å². The van der Waals surface area contributed by atoms with Crippen LogP contribution in [-0.2, 0) is 5.60 Å². The van der Waals surface area contributed by atoms with Gasteiger partial charge in [0, 0.05) is 5.39 Å². The molecule has 3 heteroatoms. The quantitative estimate of drug-likeness (QED) is 0.857. The van der Waals surface area contributed by atoms with Crippen LogP contribution >= 0.6 is 0 Å². The number of aliphatic hydroxyl groups is 1. The van der Waals surface area contributed by atoms with Gasteiger partial charge in [-0.25, -0.2) is 4.39 Å². The van der Waals surface area contributed by atoms with Gasteiger partial charge >= 0.3 is 0 Å². The van der Waals surface area contributed by atoms with Crippen LogP contribution in [0.5, 0.6) is 0 Å². The van der Waals surface area contributed by atoms with E-state index in [1.54, 1.807) is 6.07 Å². The Balaban J connectivity index is 2.10. The van der Waals surface area contributed by atoms with Crippen molar-refractivity contribution in [2.24, 2.45) is 17.8 Å². The molecule has 0 aliphatic heterocycles. The number of rotatable bonds is 2. The van der Waals surface area contributed by atoms with Crippen LogP contribution in [0.2, 0.25) is 0 Å². The molecule has 21 heavy (non-hydrogen) atoms. The van der Waals surface area contributed by atoms with Gasteiger partial charge in [0.05, 0.1) is 0 Å². The van der Waals surface area contributed by atoms with Crippen molar-refractivity contribution in [1.82, 2.24) is 0 Å². The molecule has 1 aliphatic carbocycles. The molecule has 0 amide bonds. The lowest BCUT2D eigenvalue weighted by Crippen LogP contribution is -2.42. The molecule has 0 spiro atoms. The second-order valence-corrected chi connectivity index (χ2v) is 6.93. The first-order chi connectivity index (χ1) is 9.91. The molecule has 1 aromatic carbocycles. The largest absolute Gasteiger partial charge is 0.455 e. The maximum atomic E-state index is 13.8. The van der Waals surface area contributed by atoms with Gasteiger partial charge in [0.25, 0.3) is 0 Å². The van der Waals surface area contributed by atoms with Crippen LogP contribution in [0.4, 0.5) is 4.39 Å². The molecular formula is C18H23FO2. The first kappa shape index (κ1) is 14.6. The SMILES string of the molecule is CC1CCC(C(C)C)C(O)(c2cc3cccc(F)c3o2)C1. The molecule has 114 valence electrons. The Hall–Kier alpha value is -1.35. The van der Waals surface area contributed by atoms with Crippen molar-refractivity contribution in [3.63, 3.8) is 0 Å². The van der Waals surface area contributed by atoms with E-state index in [1.165, 1.54) is 6.07 Å². The van der Waals surface area contributed by atoms with Crippen molar-refractivity contribution in [2.45, 2.75) is 45.6 Å². The number of benzene rings is 1. The zero-order valence-corrected chi connectivity index (χ0v) is 12.9. The van der Waals surface area contributed by atoms with Gasteiger partial charge in [-0.15, -0.1) is 0 Å². The highest BCUT2D eigenvalue weighted by Gasteiger charge is 2.46. The highest BCUT2D eigenvalue weighted by molar-refractivity contribution is 5.78. The lowest BCUT2D eigenvalue weighted by Gasteiger charge is -2.43. The summed E-state index contributed by atoms with van der Waals surface area (Å²) in [5, 5.41) is 12.0. The Morgan fingerprint density at radius 3 is 2.76 bits per heavy atom. The molecule has 0 radical (unpaired) electrons. The van der Waals surface area contributed by atoms with E-state index in [4.69, 9.17) is 4.42 Å². The number of halogens is 1. The van der Waals surface area contributed by atoms with Crippen molar-refractivity contribution in [3.8, 4) is 0 Å². The summed E-state index contributed by atoms with van der Waals surface area (Å²) in [5.74, 6) is 1.11. The Bertz CT molecular complexity index is 646. The average Bonchev–Trinajstić information content (AvgIpc) is 2.84. The number of fused-ring (bicyclic) bond motifs is 1. The molecule has 1 heterocycles. The molecule has 3 rings (SSSR count). The van der Waals surface area contributed by atoms with E-state index in [0.29, 0.717) is 24.0 Å². The molecule has 1 aliphatic rings. The minimum absolute atomic E-state index is 0.150. The highest BCUT2D eigenvalue weighted by Crippen LogP contribution is 2.48. The summed E-state index contributed by atoms with van der Waals surface area (Å²) in [6.07, 6.45) is 2.78.